The van der Waals surface area contributed by atoms with Crippen LogP contribution in [0.1, 0.15) is 41.5 Å². The van der Waals surface area contributed by atoms with Gasteiger partial charge in [0.15, 0.2) is 5.78 Å². The molecule has 0 bridgehead atoms. The summed E-state index contributed by atoms with van der Waals surface area (Å²) >= 11 is 0. The first-order chi connectivity index (χ1) is 10.2. The highest BCUT2D eigenvalue weighted by Crippen LogP contribution is 1.98. The molecule has 0 fully saturated rings. The number of carbonyl (C=O) groups excluding carboxylic acids is 2. The smallest absolute Gasteiger partial charge is 0.270 e. The molecule has 0 aliphatic rings. The molecular formula is C17H25N3O2. The van der Waals surface area contributed by atoms with Gasteiger partial charge in [0.1, 0.15) is 5.71 Å². The van der Waals surface area contributed by atoms with E-state index in [1.54, 1.807) is 19.9 Å². The van der Waals surface area contributed by atoms with Gasteiger partial charge in [-0.3, -0.25) is 19.6 Å². The van der Waals surface area contributed by atoms with Gasteiger partial charge >= 0.3 is 0 Å². The van der Waals surface area contributed by atoms with E-state index in [1.807, 2.05) is 20.8 Å². The van der Waals surface area contributed by atoms with Gasteiger partial charge in [0.2, 0.25) is 0 Å². The Kier molecular flexibility index (Phi) is 8.60. The van der Waals surface area contributed by atoms with E-state index >= 15 is 0 Å². The van der Waals surface area contributed by atoms with Crippen LogP contribution in [0.3, 0.4) is 0 Å². The van der Waals surface area contributed by atoms with E-state index in [0.29, 0.717) is 17.0 Å². The van der Waals surface area contributed by atoms with Gasteiger partial charge in [-0.15, -0.1) is 0 Å². The molecule has 0 aromatic heterocycles. The normalized spacial score (nSPS) is 14.2. The van der Waals surface area contributed by atoms with E-state index in [9.17, 15) is 9.59 Å². The van der Waals surface area contributed by atoms with E-state index < -0.39 is 0 Å². The second kappa shape index (κ2) is 9.60. The van der Waals surface area contributed by atoms with E-state index in [4.69, 9.17) is 0 Å². The van der Waals surface area contributed by atoms with Crippen LogP contribution >= 0.6 is 0 Å². The number of allylic oxidation sites excluding steroid dienone is 2. The molecule has 5 heteroatoms. The zero-order valence-corrected chi connectivity index (χ0v) is 14.2. The number of ketones is 1. The summed E-state index contributed by atoms with van der Waals surface area (Å²) in [5, 5.41) is 2.82. The molecule has 5 nitrogen and oxygen atoms in total. The third kappa shape index (κ3) is 7.47. The van der Waals surface area contributed by atoms with Crippen LogP contribution in [0.2, 0.25) is 0 Å². The fraction of sp³-hybridized carbons (Fsp3) is 0.412. The minimum absolute atomic E-state index is 0.0304. The van der Waals surface area contributed by atoms with Crippen LogP contribution in [0.25, 0.3) is 0 Å². The molecule has 1 N–H and O–H groups in total. The molecule has 1 unspecified atom stereocenters. The number of hydrogen-bond donors (Lipinski definition) is 1. The molecule has 1 amide bonds. The lowest BCUT2D eigenvalue weighted by Crippen LogP contribution is -2.40. The third-order valence-electron chi connectivity index (χ3n) is 2.88. The maximum Gasteiger partial charge on any atom is 0.270 e. The highest BCUT2D eigenvalue weighted by Gasteiger charge is 2.13. The summed E-state index contributed by atoms with van der Waals surface area (Å²) in [6.45, 7) is 14.1. The van der Waals surface area contributed by atoms with Crippen molar-refractivity contribution in [2.45, 2.75) is 47.6 Å². The third-order valence-corrected chi connectivity index (χ3v) is 2.88. The molecule has 22 heavy (non-hydrogen) atoms. The molecule has 0 aliphatic carbocycles. The molecule has 0 spiro atoms. The highest BCUT2D eigenvalue weighted by atomic mass is 16.2. The number of carbonyl (C=O) groups is 2. The Morgan fingerprint density at radius 3 is 2.14 bits per heavy atom. The fourth-order valence-corrected chi connectivity index (χ4v) is 1.31. The standard InChI is InChI=1S/C17H25N3O2/c1-8-18-16(9-11(2)3)17(22)20-14(6)13(5)19-10-12(4)15(7)21/h8-10,14H,1H2,2-7H3,(H,20,22)/b12-10+,18-16?,19-13?. The number of amides is 1. The first kappa shape index (κ1) is 19.7. The van der Waals surface area contributed by atoms with Gasteiger partial charge in [0.05, 0.1) is 6.04 Å². The van der Waals surface area contributed by atoms with Gasteiger partial charge in [-0.05, 0) is 47.6 Å². The number of nitrogens with zero attached hydrogens (tertiary/aromatic N) is 2. The second-order valence-electron chi connectivity index (χ2n) is 5.25. The molecule has 0 aromatic rings. The molecule has 0 radical (unpaired) electrons. The highest BCUT2D eigenvalue weighted by molar-refractivity contribution is 6.43. The number of aliphatic imine (C=N–C) groups is 2. The Bertz CT molecular complexity index is 562. The molecule has 0 saturated carbocycles. The molecule has 120 valence electrons. The van der Waals surface area contributed by atoms with Crippen molar-refractivity contribution in [2.24, 2.45) is 9.98 Å². The summed E-state index contributed by atoms with van der Waals surface area (Å²) in [4.78, 5) is 31.5. The molecule has 0 rings (SSSR count). The topological polar surface area (TPSA) is 70.9 Å². The predicted octanol–water partition coefficient (Wildman–Crippen LogP) is 3.00. The van der Waals surface area contributed by atoms with Gasteiger partial charge in [0, 0.05) is 23.7 Å². The van der Waals surface area contributed by atoms with Gasteiger partial charge < -0.3 is 5.32 Å². The van der Waals surface area contributed by atoms with Crippen molar-refractivity contribution in [3.8, 4) is 0 Å². The van der Waals surface area contributed by atoms with Crippen molar-refractivity contribution < 1.29 is 9.59 Å². The van der Waals surface area contributed by atoms with Crippen LogP contribution in [0.5, 0.6) is 0 Å². The van der Waals surface area contributed by atoms with Gasteiger partial charge in [-0.25, -0.2) is 0 Å². The predicted molar refractivity (Wildman–Crippen MR) is 92.2 cm³/mol. The number of rotatable bonds is 7. The van der Waals surface area contributed by atoms with Crippen LogP contribution in [0, 0.1) is 0 Å². The Morgan fingerprint density at radius 2 is 1.68 bits per heavy atom. The van der Waals surface area contributed by atoms with Crippen LogP contribution in [-0.2, 0) is 9.59 Å². The minimum atomic E-state index is -0.296. The molecular weight excluding hydrogens is 278 g/mol. The van der Waals surface area contributed by atoms with E-state index in [2.05, 4.69) is 21.9 Å². The van der Waals surface area contributed by atoms with Crippen molar-refractivity contribution >= 4 is 23.1 Å². The first-order valence-corrected chi connectivity index (χ1v) is 7.05. The average Bonchev–Trinajstić information content (AvgIpc) is 2.42. The van der Waals surface area contributed by atoms with Gasteiger partial charge in [-0.1, -0.05) is 12.2 Å². The fourth-order valence-electron chi connectivity index (χ4n) is 1.31. The maximum atomic E-state index is 12.2. The zero-order chi connectivity index (χ0) is 17.3. The summed E-state index contributed by atoms with van der Waals surface area (Å²) in [5.74, 6) is -0.326. The Balaban J connectivity index is 5.04. The summed E-state index contributed by atoms with van der Waals surface area (Å²) in [7, 11) is 0. The second-order valence-corrected chi connectivity index (χ2v) is 5.25. The zero-order valence-electron chi connectivity index (χ0n) is 14.2. The van der Waals surface area contributed by atoms with Crippen LogP contribution < -0.4 is 5.32 Å². The minimum Gasteiger partial charge on any atom is -0.343 e. The largest absolute Gasteiger partial charge is 0.343 e. The summed E-state index contributed by atoms with van der Waals surface area (Å²) in [5.41, 5.74) is 2.53. The Labute approximate surface area is 132 Å². The van der Waals surface area contributed by atoms with Gasteiger partial charge in [-0.2, -0.15) is 0 Å². The average molecular weight is 303 g/mol. The van der Waals surface area contributed by atoms with Crippen LogP contribution in [0.15, 0.2) is 46.2 Å². The maximum absolute atomic E-state index is 12.2. The molecule has 0 saturated heterocycles. The van der Waals surface area contributed by atoms with E-state index in [1.165, 1.54) is 19.3 Å². The SMILES string of the molecule is C=CN=C(C=C(C)C)C(=O)NC(C)C(C)=N/C=C(\C)C(C)=O. The molecule has 0 heterocycles. The quantitative estimate of drug-likeness (QED) is 0.580. The Hall–Kier alpha value is -2.30. The number of nitrogens with one attached hydrogen (secondary N) is 1. The van der Waals surface area contributed by atoms with Crippen LogP contribution in [-0.4, -0.2) is 29.2 Å². The van der Waals surface area contributed by atoms with Crippen LogP contribution in [0.4, 0.5) is 0 Å². The first-order valence-electron chi connectivity index (χ1n) is 7.05. The van der Waals surface area contributed by atoms with Crippen molar-refractivity contribution in [3.05, 3.63) is 36.2 Å². The van der Waals surface area contributed by atoms with E-state index in [0.717, 1.165) is 5.57 Å². The summed E-state index contributed by atoms with van der Waals surface area (Å²) < 4.78 is 0. The molecule has 0 aliphatic heterocycles. The number of hydrogen-bond acceptors (Lipinski definition) is 4. The summed E-state index contributed by atoms with van der Waals surface area (Å²) in [6.07, 6.45) is 4.53. The number of Topliss-reactive ketones (excluding diaryl/α,β-unsaturated/α-hetero) is 1. The van der Waals surface area contributed by atoms with Crippen molar-refractivity contribution in [1.82, 2.24) is 5.32 Å². The Morgan fingerprint density at radius 1 is 1.09 bits per heavy atom. The molecule has 1 atom stereocenters. The van der Waals surface area contributed by atoms with Gasteiger partial charge in [0.25, 0.3) is 5.91 Å². The lowest BCUT2D eigenvalue weighted by molar-refractivity contribution is -0.115. The lowest BCUT2D eigenvalue weighted by atomic mass is 10.2. The molecule has 0 aromatic carbocycles. The lowest BCUT2D eigenvalue weighted by Gasteiger charge is -2.13. The summed E-state index contributed by atoms with van der Waals surface area (Å²) in [6, 6.07) is -0.274. The van der Waals surface area contributed by atoms with E-state index in [-0.39, 0.29) is 17.7 Å². The van der Waals surface area contributed by atoms with Crippen molar-refractivity contribution in [3.63, 3.8) is 0 Å². The monoisotopic (exact) mass is 303 g/mol. The van der Waals surface area contributed by atoms with Crippen molar-refractivity contribution in [1.29, 1.82) is 0 Å². The van der Waals surface area contributed by atoms with Crippen molar-refractivity contribution in [2.75, 3.05) is 0 Å².